The Balaban J connectivity index is 1.91. The van der Waals surface area contributed by atoms with Gasteiger partial charge in [-0.2, -0.15) is 5.10 Å². The number of benzene rings is 1. The lowest BCUT2D eigenvalue weighted by Gasteiger charge is -2.19. The van der Waals surface area contributed by atoms with E-state index in [0.29, 0.717) is 19.5 Å². The minimum absolute atomic E-state index is 0.585. The summed E-state index contributed by atoms with van der Waals surface area (Å²) in [7, 11) is 0. The second-order valence-corrected chi connectivity index (χ2v) is 5.69. The first-order valence-corrected chi connectivity index (χ1v) is 7.03. The Labute approximate surface area is 124 Å². The van der Waals surface area contributed by atoms with Crippen LogP contribution in [0.5, 0.6) is 0 Å². The number of nitrogens with zero attached hydrogens (tertiary/aromatic N) is 2. The molecule has 21 heavy (non-hydrogen) atoms. The van der Waals surface area contributed by atoms with Crippen LogP contribution in [0.15, 0.2) is 42.6 Å². The zero-order chi connectivity index (χ0) is 15.3. The normalized spacial score (nSPS) is 11.5. The number of hydrogen-bond acceptors (Lipinski definition) is 3. The Morgan fingerprint density at radius 3 is 2.67 bits per heavy atom. The molecule has 2 rings (SSSR count). The fourth-order valence-corrected chi connectivity index (χ4v) is 1.99. The molecular formula is C16H21N3O2. The van der Waals surface area contributed by atoms with Crippen LogP contribution in [0.2, 0.25) is 0 Å². The van der Waals surface area contributed by atoms with Crippen molar-refractivity contribution in [2.75, 3.05) is 6.54 Å². The van der Waals surface area contributed by atoms with E-state index in [1.165, 1.54) is 0 Å². The van der Waals surface area contributed by atoms with E-state index in [4.69, 9.17) is 5.11 Å². The van der Waals surface area contributed by atoms with Gasteiger partial charge in [-0.05, 0) is 45.0 Å². The molecule has 0 saturated heterocycles. The first-order chi connectivity index (χ1) is 10.0. The molecule has 0 unspecified atom stereocenters. The molecule has 0 fully saturated rings. The van der Waals surface area contributed by atoms with Crippen molar-refractivity contribution in [3.05, 3.63) is 48.3 Å². The Kier molecular flexibility index (Phi) is 4.75. The van der Waals surface area contributed by atoms with Gasteiger partial charge in [-0.25, -0.2) is 4.68 Å². The highest BCUT2D eigenvalue weighted by molar-refractivity contribution is 5.73. The molecule has 0 radical (unpaired) electrons. The number of para-hydroxylation sites is 1. The number of hydrogen-bond donors (Lipinski definition) is 2. The van der Waals surface area contributed by atoms with Crippen molar-refractivity contribution < 1.29 is 9.90 Å². The third-order valence-electron chi connectivity index (χ3n) is 3.53. The van der Waals surface area contributed by atoms with Gasteiger partial charge in [-0.3, -0.25) is 4.79 Å². The molecule has 0 amide bonds. The van der Waals surface area contributed by atoms with Gasteiger partial charge in [0, 0.05) is 12.7 Å². The van der Waals surface area contributed by atoms with E-state index < -0.39 is 11.4 Å². The van der Waals surface area contributed by atoms with E-state index in [1.54, 1.807) is 20.0 Å². The van der Waals surface area contributed by atoms with E-state index >= 15 is 0 Å². The molecular weight excluding hydrogens is 266 g/mol. The fourth-order valence-electron chi connectivity index (χ4n) is 1.99. The topological polar surface area (TPSA) is 67.2 Å². The van der Waals surface area contributed by atoms with Crippen molar-refractivity contribution >= 4 is 5.97 Å². The quantitative estimate of drug-likeness (QED) is 0.768. The fraction of sp³-hybridized carbons (Fsp3) is 0.375. The number of rotatable bonds is 7. The van der Waals surface area contributed by atoms with Gasteiger partial charge in [-0.1, -0.05) is 18.2 Å². The summed E-state index contributed by atoms with van der Waals surface area (Å²) in [6, 6.07) is 11.9. The van der Waals surface area contributed by atoms with Crippen molar-refractivity contribution in [2.24, 2.45) is 5.41 Å². The summed E-state index contributed by atoms with van der Waals surface area (Å²) in [4.78, 5) is 11.0. The predicted octanol–water partition coefficient (Wildman–Crippen LogP) is 2.46. The average molecular weight is 287 g/mol. The molecule has 0 spiro atoms. The Morgan fingerprint density at radius 2 is 2.00 bits per heavy atom. The summed E-state index contributed by atoms with van der Waals surface area (Å²) in [5.74, 6) is -0.765. The van der Waals surface area contributed by atoms with Gasteiger partial charge in [0.25, 0.3) is 0 Å². The molecule has 2 N–H and O–H groups in total. The second-order valence-electron chi connectivity index (χ2n) is 5.69. The van der Waals surface area contributed by atoms with Crippen molar-refractivity contribution in [3.8, 4) is 5.69 Å². The van der Waals surface area contributed by atoms with E-state index in [1.807, 2.05) is 41.1 Å². The number of carbonyl (C=O) groups is 1. The minimum atomic E-state index is -0.765. The maximum absolute atomic E-state index is 11.0. The first kappa shape index (κ1) is 15.3. The predicted molar refractivity (Wildman–Crippen MR) is 81.3 cm³/mol. The van der Waals surface area contributed by atoms with Crippen LogP contribution in [0.4, 0.5) is 0 Å². The summed E-state index contributed by atoms with van der Waals surface area (Å²) in [6.07, 6.45) is 2.35. The number of nitrogens with one attached hydrogen (secondary N) is 1. The smallest absolute Gasteiger partial charge is 0.309 e. The van der Waals surface area contributed by atoms with Gasteiger partial charge in [0.2, 0.25) is 0 Å². The summed E-state index contributed by atoms with van der Waals surface area (Å²) < 4.78 is 1.88. The van der Waals surface area contributed by atoms with Crippen LogP contribution < -0.4 is 5.32 Å². The van der Waals surface area contributed by atoms with Crippen LogP contribution >= 0.6 is 0 Å². The van der Waals surface area contributed by atoms with Gasteiger partial charge < -0.3 is 10.4 Å². The van der Waals surface area contributed by atoms with E-state index in [0.717, 1.165) is 11.4 Å². The highest BCUT2D eigenvalue weighted by atomic mass is 16.4. The summed E-state index contributed by atoms with van der Waals surface area (Å²) in [5.41, 5.74) is 1.37. The summed E-state index contributed by atoms with van der Waals surface area (Å²) in [6.45, 7) is 4.79. The van der Waals surface area contributed by atoms with Gasteiger partial charge in [0.15, 0.2) is 0 Å². The molecule has 0 aliphatic carbocycles. The molecule has 1 aromatic heterocycles. The van der Waals surface area contributed by atoms with Crippen LogP contribution in [0, 0.1) is 5.41 Å². The SMILES string of the molecule is CC(C)(CCNCc1ccnn1-c1ccccc1)C(=O)O. The number of carboxylic acids is 1. The maximum Gasteiger partial charge on any atom is 0.309 e. The molecule has 0 atom stereocenters. The number of carboxylic acid groups (broad SMARTS) is 1. The van der Waals surface area contributed by atoms with Gasteiger partial charge in [0.1, 0.15) is 0 Å². The largest absolute Gasteiger partial charge is 0.481 e. The molecule has 0 aliphatic heterocycles. The van der Waals surface area contributed by atoms with Crippen molar-refractivity contribution in [1.82, 2.24) is 15.1 Å². The van der Waals surface area contributed by atoms with Crippen LogP contribution in [0.1, 0.15) is 26.0 Å². The van der Waals surface area contributed by atoms with Crippen LogP contribution in [0.3, 0.4) is 0 Å². The molecule has 0 bridgehead atoms. The highest BCUT2D eigenvalue weighted by Gasteiger charge is 2.26. The lowest BCUT2D eigenvalue weighted by Crippen LogP contribution is -2.29. The maximum atomic E-state index is 11.0. The van der Waals surface area contributed by atoms with Crippen LogP contribution in [-0.4, -0.2) is 27.4 Å². The van der Waals surface area contributed by atoms with Crippen LogP contribution in [0.25, 0.3) is 5.69 Å². The Morgan fingerprint density at radius 1 is 1.29 bits per heavy atom. The average Bonchev–Trinajstić information content (AvgIpc) is 2.93. The third-order valence-corrected chi connectivity index (χ3v) is 3.53. The van der Waals surface area contributed by atoms with Gasteiger partial charge >= 0.3 is 5.97 Å². The van der Waals surface area contributed by atoms with E-state index in [2.05, 4.69) is 10.4 Å². The molecule has 5 heteroatoms. The van der Waals surface area contributed by atoms with Gasteiger partial charge in [-0.15, -0.1) is 0 Å². The molecule has 1 heterocycles. The second kappa shape index (κ2) is 6.54. The van der Waals surface area contributed by atoms with E-state index in [9.17, 15) is 4.79 Å². The number of aromatic nitrogens is 2. The Bertz CT molecular complexity index is 591. The van der Waals surface area contributed by atoms with Crippen molar-refractivity contribution in [1.29, 1.82) is 0 Å². The molecule has 5 nitrogen and oxygen atoms in total. The summed E-state index contributed by atoms with van der Waals surface area (Å²) >= 11 is 0. The molecule has 1 aromatic carbocycles. The van der Waals surface area contributed by atoms with Gasteiger partial charge in [0.05, 0.1) is 16.8 Å². The molecule has 2 aromatic rings. The standard InChI is InChI=1S/C16H21N3O2/c1-16(2,15(20)21)9-11-17-12-14-8-10-18-19(14)13-6-4-3-5-7-13/h3-8,10,17H,9,11-12H2,1-2H3,(H,20,21). The van der Waals surface area contributed by atoms with Crippen LogP contribution in [-0.2, 0) is 11.3 Å². The zero-order valence-electron chi connectivity index (χ0n) is 12.4. The minimum Gasteiger partial charge on any atom is -0.481 e. The monoisotopic (exact) mass is 287 g/mol. The molecule has 0 saturated carbocycles. The van der Waals surface area contributed by atoms with Crippen molar-refractivity contribution in [3.63, 3.8) is 0 Å². The highest BCUT2D eigenvalue weighted by Crippen LogP contribution is 2.19. The lowest BCUT2D eigenvalue weighted by atomic mass is 9.90. The number of aliphatic carboxylic acids is 1. The summed E-state index contributed by atoms with van der Waals surface area (Å²) in [5, 5.41) is 16.7. The third kappa shape index (κ3) is 3.92. The molecule has 112 valence electrons. The van der Waals surface area contributed by atoms with E-state index in [-0.39, 0.29) is 0 Å². The zero-order valence-corrected chi connectivity index (χ0v) is 12.4. The lowest BCUT2D eigenvalue weighted by molar-refractivity contribution is -0.147. The van der Waals surface area contributed by atoms with Crippen molar-refractivity contribution in [2.45, 2.75) is 26.8 Å². The first-order valence-electron chi connectivity index (χ1n) is 7.03. The Hall–Kier alpha value is -2.14. The molecule has 0 aliphatic rings.